The highest BCUT2D eigenvalue weighted by Crippen LogP contribution is 2.33. The van der Waals surface area contributed by atoms with Gasteiger partial charge < -0.3 is 9.47 Å². The van der Waals surface area contributed by atoms with E-state index in [0.29, 0.717) is 12.0 Å². The first kappa shape index (κ1) is 19.3. The lowest BCUT2D eigenvalue weighted by Crippen LogP contribution is -2.40. The molecule has 2 atom stereocenters. The molecule has 0 aromatic heterocycles. The Hall–Kier alpha value is -1.02. The van der Waals surface area contributed by atoms with Gasteiger partial charge >= 0.3 is 0 Å². The minimum atomic E-state index is -0.181. The lowest BCUT2D eigenvalue weighted by Gasteiger charge is -2.37. The molecule has 1 saturated carbocycles. The second kappa shape index (κ2) is 8.89. The minimum absolute atomic E-state index is 0.00677. The molecule has 0 amide bonds. The maximum Gasteiger partial charge on any atom is 0.205 e. The normalized spacial score (nSPS) is 19.0. The zero-order valence-corrected chi connectivity index (χ0v) is 16.3. The van der Waals surface area contributed by atoms with Crippen molar-refractivity contribution in [3.8, 4) is 5.75 Å². The summed E-state index contributed by atoms with van der Waals surface area (Å²) < 4.78 is 12.7. The van der Waals surface area contributed by atoms with E-state index in [1.807, 2.05) is 0 Å². The Balaban J connectivity index is 2.06. The molecule has 0 radical (unpaired) electrons. The fourth-order valence-corrected chi connectivity index (χ4v) is 3.15. The average Bonchev–Trinajstić information content (AvgIpc) is 2.62. The number of hydrogen-bond donors (Lipinski definition) is 0. The Bertz CT molecular complexity index is 471. The summed E-state index contributed by atoms with van der Waals surface area (Å²) in [5, 5.41) is 0. The van der Waals surface area contributed by atoms with Crippen molar-refractivity contribution in [3.05, 3.63) is 29.8 Å². The highest BCUT2D eigenvalue weighted by molar-refractivity contribution is 5.29. The summed E-state index contributed by atoms with van der Waals surface area (Å²) in [6, 6.07) is 8.59. The molecule has 0 saturated heterocycles. The third kappa shape index (κ3) is 5.24. The van der Waals surface area contributed by atoms with Crippen LogP contribution in [0.15, 0.2) is 24.3 Å². The van der Waals surface area contributed by atoms with Crippen molar-refractivity contribution < 1.29 is 9.47 Å². The van der Waals surface area contributed by atoms with Crippen molar-refractivity contribution >= 4 is 0 Å². The third-order valence-corrected chi connectivity index (χ3v) is 5.72. The van der Waals surface area contributed by atoms with Gasteiger partial charge in [0.05, 0.1) is 6.10 Å². The summed E-state index contributed by atoms with van der Waals surface area (Å²) >= 11 is 0. The third-order valence-electron chi connectivity index (χ3n) is 5.72. The molecule has 0 aliphatic heterocycles. The molecule has 1 aromatic carbocycles. The van der Waals surface area contributed by atoms with Gasteiger partial charge in [0.2, 0.25) is 6.29 Å². The Morgan fingerprint density at radius 3 is 2.21 bits per heavy atom. The molecule has 1 aromatic rings. The molecular weight excluding hydrogens is 296 g/mol. The smallest absolute Gasteiger partial charge is 0.205 e. The van der Waals surface area contributed by atoms with Gasteiger partial charge in [-0.1, -0.05) is 66.0 Å². The zero-order chi connectivity index (χ0) is 17.6. The van der Waals surface area contributed by atoms with Gasteiger partial charge in [-0.2, -0.15) is 0 Å². The number of benzene rings is 1. The van der Waals surface area contributed by atoms with Crippen molar-refractivity contribution in [1.29, 1.82) is 0 Å². The highest BCUT2D eigenvalue weighted by Gasteiger charge is 2.33. The van der Waals surface area contributed by atoms with E-state index in [-0.39, 0.29) is 11.7 Å². The van der Waals surface area contributed by atoms with Crippen LogP contribution in [0.1, 0.15) is 91.0 Å². The predicted molar refractivity (Wildman–Crippen MR) is 102 cm³/mol. The van der Waals surface area contributed by atoms with Crippen molar-refractivity contribution in [3.63, 3.8) is 0 Å². The van der Waals surface area contributed by atoms with Crippen LogP contribution in [0.25, 0.3) is 0 Å². The molecule has 24 heavy (non-hydrogen) atoms. The molecule has 0 spiro atoms. The summed E-state index contributed by atoms with van der Waals surface area (Å²) in [6.07, 6.45) is 8.64. The first-order valence-electron chi connectivity index (χ1n) is 9.88. The van der Waals surface area contributed by atoms with Gasteiger partial charge in [0.25, 0.3) is 0 Å². The van der Waals surface area contributed by atoms with E-state index in [1.165, 1.54) is 37.7 Å². The van der Waals surface area contributed by atoms with Crippen molar-refractivity contribution in [2.75, 3.05) is 0 Å². The molecule has 1 aliphatic carbocycles. The second-order valence-corrected chi connectivity index (χ2v) is 8.07. The standard InChI is InChI=1S/C22H36O2/c1-6-17(3)18-13-15-20(16-14-18)24-21(22(4,5)7-2)23-19-11-9-8-10-12-19/h13-17,19,21H,6-12H2,1-5H3. The van der Waals surface area contributed by atoms with Crippen LogP contribution in [0.5, 0.6) is 5.75 Å². The summed E-state index contributed by atoms with van der Waals surface area (Å²) in [4.78, 5) is 0. The van der Waals surface area contributed by atoms with Gasteiger partial charge in [-0.3, -0.25) is 0 Å². The topological polar surface area (TPSA) is 18.5 Å². The SMILES string of the molecule is CCC(C)c1ccc(OC(OC2CCCCC2)C(C)(C)CC)cc1. The van der Waals surface area contributed by atoms with Crippen LogP contribution >= 0.6 is 0 Å². The maximum absolute atomic E-state index is 6.43. The van der Waals surface area contributed by atoms with Crippen LogP contribution in [0, 0.1) is 5.41 Å². The summed E-state index contributed by atoms with van der Waals surface area (Å²) in [7, 11) is 0. The Morgan fingerprint density at radius 1 is 1.04 bits per heavy atom. The zero-order valence-electron chi connectivity index (χ0n) is 16.3. The number of rotatable bonds is 8. The molecule has 2 heteroatoms. The fourth-order valence-electron chi connectivity index (χ4n) is 3.15. The van der Waals surface area contributed by atoms with Crippen LogP contribution in [0.4, 0.5) is 0 Å². The average molecular weight is 333 g/mol. The van der Waals surface area contributed by atoms with E-state index in [9.17, 15) is 0 Å². The molecule has 136 valence electrons. The quantitative estimate of drug-likeness (QED) is 0.494. The van der Waals surface area contributed by atoms with Gasteiger partial charge in [-0.05, 0) is 49.3 Å². The van der Waals surface area contributed by atoms with Gasteiger partial charge in [-0.25, -0.2) is 0 Å². The predicted octanol–water partition coefficient (Wildman–Crippen LogP) is 6.69. The molecule has 0 bridgehead atoms. The lowest BCUT2D eigenvalue weighted by molar-refractivity contribution is -0.183. The molecule has 1 aliphatic rings. The molecule has 0 N–H and O–H groups in total. The van der Waals surface area contributed by atoms with Crippen LogP contribution in [-0.4, -0.2) is 12.4 Å². The van der Waals surface area contributed by atoms with E-state index in [2.05, 4.69) is 58.9 Å². The molecule has 2 unspecified atom stereocenters. The minimum Gasteiger partial charge on any atom is -0.464 e. The Morgan fingerprint density at radius 2 is 1.67 bits per heavy atom. The first-order chi connectivity index (χ1) is 11.5. The van der Waals surface area contributed by atoms with Crippen molar-refractivity contribution in [2.24, 2.45) is 5.41 Å². The Kier molecular flexibility index (Phi) is 7.16. The van der Waals surface area contributed by atoms with Crippen LogP contribution < -0.4 is 4.74 Å². The molecule has 1 fully saturated rings. The van der Waals surface area contributed by atoms with Crippen LogP contribution in [0.2, 0.25) is 0 Å². The number of ether oxygens (including phenoxy) is 2. The van der Waals surface area contributed by atoms with Gasteiger partial charge in [-0.15, -0.1) is 0 Å². The van der Waals surface area contributed by atoms with E-state index in [1.54, 1.807) is 0 Å². The fraction of sp³-hybridized carbons (Fsp3) is 0.727. The largest absolute Gasteiger partial charge is 0.464 e. The molecule has 2 nitrogen and oxygen atoms in total. The van der Waals surface area contributed by atoms with Crippen LogP contribution in [0.3, 0.4) is 0 Å². The first-order valence-corrected chi connectivity index (χ1v) is 9.88. The van der Waals surface area contributed by atoms with Gasteiger partial charge in [0, 0.05) is 5.41 Å². The second-order valence-electron chi connectivity index (χ2n) is 8.07. The Labute approximate surface area is 148 Å². The van der Waals surface area contributed by atoms with E-state index < -0.39 is 0 Å². The van der Waals surface area contributed by atoms with Crippen molar-refractivity contribution in [1.82, 2.24) is 0 Å². The lowest BCUT2D eigenvalue weighted by atomic mass is 9.88. The monoisotopic (exact) mass is 332 g/mol. The van der Waals surface area contributed by atoms with E-state index >= 15 is 0 Å². The van der Waals surface area contributed by atoms with E-state index in [4.69, 9.17) is 9.47 Å². The van der Waals surface area contributed by atoms with Gasteiger partial charge in [0.15, 0.2) is 0 Å². The highest BCUT2D eigenvalue weighted by atomic mass is 16.7. The van der Waals surface area contributed by atoms with E-state index in [0.717, 1.165) is 18.6 Å². The maximum atomic E-state index is 6.43. The van der Waals surface area contributed by atoms with Gasteiger partial charge in [0.1, 0.15) is 5.75 Å². The molecule has 2 rings (SSSR count). The van der Waals surface area contributed by atoms with Crippen LogP contribution in [-0.2, 0) is 4.74 Å². The summed E-state index contributed by atoms with van der Waals surface area (Å²) in [5.74, 6) is 1.52. The summed E-state index contributed by atoms with van der Waals surface area (Å²) in [5.41, 5.74) is 1.39. The summed E-state index contributed by atoms with van der Waals surface area (Å²) in [6.45, 7) is 11.2. The van der Waals surface area contributed by atoms with Crippen molar-refractivity contribution in [2.45, 2.75) is 97.9 Å². The molecule has 0 heterocycles. The molecular formula is C22H36O2. The number of hydrogen-bond acceptors (Lipinski definition) is 2.